The smallest absolute Gasteiger partial charge is 0.225 e. The summed E-state index contributed by atoms with van der Waals surface area (Å²) in [5, 5.41) is 3.06. The predicted molar refractivity (Wildman–Crippen MR) is 102 cm³/mol. The van der Waals surface area contributed by atoms with Crippen LogP contribution < -0.4 is 10.2 Å². The van der Waals surface area contributed by atoms with E-state index < -0.39 is 0 Å². The quantitative estimate of drug-likeness (QED) is 0.862. The molecule has 1 saturated heterocycles. The lowest BCUT2D eigenvalue weighted by atomic mass is 9.96. The number of aryl methyl sites for hydroxylation is 1. The van der Waals surface area contributed by atoms with E-state index in [1.165, 1.54) is 5.56 Å². The van der Waals surface area contributed by atoms with E-state index in [9.17, 15) is 9.59 Å². The predicted octanol–water partition coefficient (Wildman–Crippen LogP) is 2.72. The Kier molecular flexibility index (Phi) is 6.85. The topological polar surface area (TPSA) is 52.7 Å². The van der Waals surface area contributed by atoms with Crippen LogP contribution in [-0.4, -0.2) is 43.9 Å². The average Bonchev–Trinajstić information content (AvgIpc) is 2.60. The monoisotopic (exact) mass is 345 g/mol. The second-order valence-electron chi connectivity index (χ2n) is 7.15. The van der Waals surface area contributed by atoms with Gasteiger partial charge in [-0.2, -0.15) is 0 Å². The molecule has 1 aliphatic rings. The van der Waals surface area contributed by atoms with E-state index in [-0.39, 0.29) is 17.7 Å². The van der Waals surface area contributed by atoms with Gasteiger partial charge in [0.15, 0.2) is 0 Å². The minimum Gasteiger partial charge on any atom is -0.378 e. The molecule has 0 bridgehead atoms. The van der Waals surface area contributed by atoms with Crippen LogP contribution in [0.3, 0.4) is 0 Å². The zero-order valence-electron chi connectivity index (χ0n) is 16.0. The van der Waals surface area contributed by atoms with Gasteiger partial charge in [-0.05, 0) is 49.4 Å². The number of anilines is 1. The standard InChI is InChI=1S/C20H31N3O2/c1-5-7-19(24)23-11-6-8-17(14-23)20(25)21-13-16-9-10-18(22(3)4)12-15(16)2/h9-10,12,17H,5-8,11,13-14H2,1-4H3,(H,21,25)/t17-/m1/s1. The molecule has 2 rings (SSSR count). The van der Waals surface area contributed by atoms with Gasteiger partial charge in [-0.1, -0.05) is 13.0 Å². The first kappa shape index (κ1) is 19.3. The number of rotatable bonds is 6. The summed E-state index contributed by atoms with van der Waals surface area (Å²) in [6, 6.07) is 6.27. The number of carbonyl (C=O) groups is 2. The molecule has 0 saturated carbocycles. The van der Waals surface area contributed by atoms with E-state index in [1.807, 2.05) is 25.9 Å². The van der Waals surface area contributed by atoms with Crippen molar-refractivity contribution in [2.24, 2.45) is 5.92 Å². The van der Waals surface area contributed by atoms with Crippen molar-refractivity contribution in [2.75, 3.05) is 32.1 Å². The number of likely N-dealkylation sites (tertiary alicyclic amines) is 1. The van der Waals surface area contributed by atoms with Gasteiger partial charge in [0.2, 0.25) is 11.8 Å². The van der Waals surface area contributed by atoms with Crippen LogP contribution in [0, 0.1) is 12.8 Å². The maximum Gasteiger partial charge on any atom is 0.225 e. The van der Waals surface area contributed by atoms with Gasteiger partial charge in [0.25, 0.3) is 0 Å². The van der Waals surface area contributed by atoms with Crippen molar-refractivity contribution in [1.82, 2.24) is 10.2 Å². The summed E-state index contributed by atoms with van der Waals surface area (Å²) in [6.45, 7) is 5.96. The third-order valence-corrected chi connectivity index (χ3v) is 4.90. The number of amides is 2. The fraction of sp³-hybridized carbons (Fsp3) is 0.600. The molecule has 5 nitrogen and oxygen atoms in total. The maximum atomic E-state index is 12.5. The Hall–Kier alpha value is -2.04. The Morgan fingerprint density at radius 3 is 2.72 bits per heavy atom. The van der Waals surface area contributed by atoms with Crippen molar-refractivity contribution in [1.29, 1.82) is 0 Å². The molecule has 138 valence electrons. The molecule has 25 heavy (non-hydrogen) atoms. The Bertz CT molecular complexity index is 613. The number of benzene rings is 1. The molecule has 1 aromatic rings. The van der Waals surface area contributed by atoms with Crippen molar-refractivity contribution >= 4 is 17.5 Å². The minimum atomic E-state index is -0.0871. The molecule has 0 spiro atoms. The Labute approximate surface area is 151 Å². The van der Waals surface area contributed by atoms with E-state index in [0.29, 0.717) is 19.5 Å². The van der Waals surface area contributed by atoms with Gasteiger partial charge < -0.3 is 15.1 Å². The summed E-state index contributed by atoms with van der Waals surface area (Å²) in [5.74, 6) is 0.149. The van der Waals surface area contributed by atoms with Gasteiger partial charge >= 0.3 is 0 Å². The van der Waals surface area contributed by atoms with Gasteiger partial charge in [0.05, 0.1) is 5.92 Å². The first-order valence-corrected chi connectivity index (χ1v) is 9.24. The molecule has 0 aromatic heterocycles. The Morgan fingerprint density at radius 2 is 2.08 bits per heavy atom. The van der Waals surface area contributed by atoms with Crippen LogP contribution in [0.4, 0.5) is 5.69 Å². The summed E-state index contributed by atoms with van der Waals surface area (Å²) in [6.07, 6.45) is 3.20. The van der Waals surface area contributed by atoms with Crippen molar-refractivity contribution in [3.05, 3.63) is 29.3 Å². The van der Waals surface area contributed by atoms with Crippen molar-refractivity contribution in [2.45, 2.75) is 46.1 Å². The van der Waals surface area contributed by atoms with E-state index in [4.69, 9.17) is 0 Å². The molecule has 1 fully saturated rings. The third-order valence-electron chi connectivity index (χ3n) is 4.90. The van der Waals surface area contributed by atoms with Gasteiger partial charge in [-0.15, -0.1) is 0 Å². The normalized spacial score (nSPS) is 17.3. The molecule has 5 heteroatoms. The molecular formula is C20H31N3O2. The van der Waals surface area contributed by atoms with Crippen molar-refractivity contribution in [3.8, 4) is 0 Å². The highest BCUT2D eigenvalue weighted by molar-refractivity contribution is 5.81. The van der Waals surface area contributed by atoms with Crippen LogP contribution in [0.2, 0.25) is 0 Å². The lowest BCUT2D eigenvalue weighted by molar-refractivity contribution is -0.135. The maximum absolute atomic E-state index is 12.5. The molecule has 0 aliphatic carbocycles. The summed E-state index contributed by atoms with van der Waals surface area (Å²) in [5.41, 5.74) is 3.47. The lowest BCUT2D eigenvalue weighted by Crippen LogP contribution is -2.45. The molecular weight excluding hydrogens is 314 g/mol. The molecule has 0 radical (unpaired) electrons. The number of nitrogens with zero attached hydrogens (tertiary/aromatic N) is 2. The fourth-order valence-electron chi connectivity index (χ4n) is 3.27. The van der Waals surface area contributed by atoms with Crippen LogP contribution in [0.25, 0.3) is 0 Å². The van der Waals surface area contributed by atoms with Crippen molar-refractivity contribution in [3.63, 3.8) is 0 Å². The molecule has 2 amide bonds. The molecule has 1 aliphatic heterocycles. The van der Waals surface area contributed by atoms with Crippen LogP contribution >= 0.6 is 0 Å². The van der Waals surface area contributed by atoms with Gasteiger partial charge in [-0.3, -0.25) is 9.59 Å². The molecule has 1 atom stereocenters. The Morgan fingerprint density at radius 1 is 1.32 bits per heavy atom. The summed E-state index contributed by atoms with van der Waals surface area (Å²) < 4.78 is 0. The number of piperidine rings is 1. The highest BCUT2D eigenvalue weighted by Crippen LogP contribution is 2.20. The largest absolute Gasteiger partial charge is 0.378 e. The fourth-order valence-corrected chi connectivity index (χ4v) is 3.27. The van der Waals surface area contributed by atoms with E-state index in [1.54, 1.807) is 0 Å². The minimum absolute atomic E-state index is 0.0603. The van der Waals surface area contributed by atoms with E-state index >= 15 is 0 Å². The summed E-state index contributed by atoms with van der Waals surface area (Å²) in [7, 11) is 4.04. The van der Waals surface area contributed by atoms with Gasteiger partial charge in [0.1, 0.15) is 0 Å². The Balaban J connectivity index is 1.90. The first-order chi connectivity index (χ1) is 11.9. The molecule has 1 N–H and O–H groups in total. The lowest BCUT2D eigenvalue weighted by Gasteiger charge is -2.32. The second-order valence-corrected chi connectivity index (χ2v) is 7.15. The average molecular weight is 345 g/mol. The van der Waals surface area contributed by atoms with E-state index in [0.717, 1.165) is 37.1 Å². The highest BCUT2D eigenvalue weighted by atomic mass is 16.2. The summed E-state index contributed by atoms with van der Waals surface area (Å²) >= 11 is 0. The zero-order chi connectivity index (χ0) is 18.4. The van der Waals surface area contributed by atoms with Gasteiger partial charge in [0, 0.05) is 45.8 Å². The summed E-state index contributed by atoms with van der Waals surface area (Å²) in [4.78, 5) is 28.5. The first-order valence-electron chi connectivity index (χ1n) is 9.24. The zero-order valence-corrected chi connectivity index (χ0v) is 16.0. The van der Waals surface area contributed by atoms with Crippen LogP contribution in [-0.2, 0) is 16.1 Å². The van der Waals surface area contributed by atoms with Crippen molar-refractivity contribution < 1.29 is 9.59 Å². The SMILES string of the molecule is CCCC(=O)N1CCC[C@@H](C(=O)NCc2ccc(N(C)C)cc2C)C1. The van der Waals surface area contributed by atoms with Crippen LogP contribution in [0.15, 0.2) is 18.2 Å². The van der Waals surface area contributed by atoms with Gasteiger partial charge in [-0.25, -0.2) is 0 Å². The molecule has 1 heterocycles. The van der Waals surface area contributed by atoms with E-state index in [2.05, 4.69) is 35.3 Å². The number of hydrogen-bond acceptors (Lipinski definition) is 3. The molecule has 0 unspecified atom stereocenters. The highest BCUT2D eigenvalue weighted by Gasteiger charge is 2.27. The van der Waals surface area contributed by atoms with Crippen LogP contribution in [0.1, 0.15) is 43.7 Å². The second kappa shape index (κ2) is 8.88. The number of hydrogen-bond donors (Lipinski definition) is 1. The number of carbonyl (C=O) groups excluding carboxylic acids is 2. The third kappa shape index (κ3) is 5.21. The number of nitrogens with one attached hydrogen (secondary N) is 1. The molecule has 1 aromatic carbocycles. The van der Waals surface area contributed by atoms with Crippen LogP contribution in [0.5, 0.6) is 0 Å².